The second-order valence-electron chi connectivity index (χ2n) is 8.03. The maximum Gasteiger partial charge on any atom is 0.223 e. The minimum absolute atomic E-state index is 0.0267. The molecule has 1 amide bonds. The van der Waals surface area contributed by atoms with Gasteiger partial charge in [0.15, 0.2) is 5.78 Å². The molecule has 1 aliphatic heterocycles. The molecule has 1 heterocycles. The van der Waals surface area contributed by atoms with Crippen molar-refractivity contribution in [3.8, 4) is 0 Å². The summed E-state index contributed by atoms with van der Waals surface area (Å²) in [4.78, 5) is 28.0. The van der Waals surface area contributed by atoms with Gasteiger partial charge in [-0.15, -0.1) is 0 Å². The van der Waals surface area contributed by atoms with Crippen LogP contribution < -0.4 is 10.6 Å². The van der Waals surface area contributed by atoms with Crippen molar-refractivity contribution in [1.82, 2.24) is 4.90 Å². The third-order valence-corrected chi connectivity index (χ3v) is 6.20. The van der Waals surface area contributed by atoms with Crippen LogP contribution in [0.5, 0.6) is 0 Å². The van der Waals surface area contributed by atoms with E-state index in [-0.39, 0.29) is 22.9 Å². The molecule has 27 heavy (non-hydrogen) atoms. The third kappa shape index (κ3) is 4.49. The lowest BCUT2D eigenvalue weighted by molar-refractivity contribution is -0.134. The minimum Gasteiger partial charge on any atom is -0.366 e. The van der Waals surface area contributed by atoms with Crippen LogP contribution in [0.25, 0.3) is 0 Å². The monoisotopic (exact) mass is 375 g/mol. The summed E-state index contributed by atoms with van der Waals surface area (Å²) in [5, 5.41) is 0. The minimum atomic E-state index is -0.383. The van der Waals surface area contributed by atoms with Crippen LogP contribution in [-0.4, -0.2) is 49.3 Å². The van der Waals surface area contributed by atoms with Crippen LogP contribution in [0.15, 0.2) is 18.2 Å². The Labute approximate surface area is 160 Å². The van der Waals surface area contributed by atoms with E-state index in [0.29, 0.717) is 50.4 Å². The number of anilines is 1. The molecule has 1 aromatic rings. The van der Waals surface area contributed by atoms with Gasteiger partial charge in [-0.2, -0.15) is 0 Å². The van der Waals surface area contributed by atoms with E-state index in [1.807, 2.05) is 9.80 Å². The van der Waals surface area contributed by atoms with Gasteiger partial charge in [0.25, 0.3) is 0 Å². The van der Waals surface area contributed by atoms with Gasteiger partial charge in [0.05, 0.1) is 5.69 Å². The molecule has 3 rings (SSSR count). The van der Waals surface area contributed by atoms with Crippen LogP contribution in [-0.2, 0) is 4.79 Å². The number of hydrogen-bond acceptors (Lipinski definition) is 4. The molecule has 1 saturated heterocycles. The lowest BCUT2D eigenvalue weighted by Crippen LogP contribution is -2.50. The zero-order chi connectivity index (χ0) is 19.4. The number of Topliss-reactive ketones (excluding diaryl/α,β-unsaturated/α-hetero) is 1. The predicted molar refractivity (Wildman–Crippen MR) is 104 cm³/mol. The van der Waals surface area contributed by atoms with E-state index < -0.39 is 0 Å². The molecule has 148 valence electrons. The molecule has 1 aromatic carbocycles. The summed E-state index contributed by atoms with van der Waals surface area (Å²) in [6, 6.07) is 4.62. The highest BCUT2D eigenvalue weighted by atomic mass is 19.1. The average Bonchev–Trinajstić information content (AvgIpc) is 2.68. The van der Waals surface area contributed by atoms with Gasteiger partial charge < -0.3 is 15.5 Å². The summed E-state index contributed by atoms with van der Waals surface area (Å²) in [6.45, 7) is 4.38. The van der Waals surface area contributed by atoms with Crippen molar-refractivity contribution in [1.29, 1.82) is 0 Å². The van der Waals surface area contributed by atoms with Gasteiger partial charge in [-0.05, 0) is 49.9 Å². The van der Waals surface area contributed by atoms with E-state index >= 15 is 0 Å². The molecule has 0 radical (unpaired) electrons. The number of halogens is 1. The second kappa shape index (κ2) is 8.38. The van der Waals surface area contributed by atoms with Gasteiger partial charge in [0.2, 0.25) is 5.91 Å². The van der Waals surface area contributed by atoms with Crippen molar-refractivity contribution >= 4 is 17.4 Å². The SMILES string of the molecule is CC(=O)c1ccc(N2CCN(C(=O)CC3(CN)CCCCC3)CC2)c(F)c1. The number of rotatable bonds is 5. The molecular weight excluding hydrogens is 345 g/mol. The molecule has 2 aliphatic rings. The molecule has 6 heteroatoms. The molecule has 5 nitrogen and oxygen atoms in total. The highest BCUT2D eigenvalue weighted by Gasteiger charge is 2.35. The summed E-state index contributed by atoms with van der Waals surface area (Å²) >= 11 is 0. The van der Waals surface area contributed by atoms with E-state index in [1.54, 1.807) is 12.1 Å². The van der Waals surface area contributed by atoms with E-state index in [4.69, 9.17) is 5.73 Å². The molecular formula is C21H30FN3O2. The first-order valence-electron chi connectivity index (χ1n) is 9.97. The molecule has 0 spiro atoms. The van der Waals surface area contributed by atoms with Gasteiger partial charge in [0.1, 0.15) is 5.82 Å². The van der Waals surface area contributed by atoms with Crippen molar-refractivity contribution in [3.05, 3.63) is 29.6 Å². The highest BCUT2D eigenvalue weighted by Crippen LogP contribution is 2.39. The molecule has 2 fully saturated rings. The Hall–Kier alpha value is -1.95. The Morgan fingerprint density at radius 1 is 1.11 bits per heavy atom. The number of ketones is 1. The zero-order valence-electron chi connectivity index (χ0n) is 16.2. The zero-order valence-corrected chi connectivity index (χ0v) is 16.2. The Morgan fingerprint density at radius 2 is 1.78 bits per heavy atom. The van der Waals surface area contributed by atoms with Gasteiger partial charge >= 0.3 is 0 Å². The van der Waals surface area contributed by atoms with Crippen LogP contribution in [0, 0.1) is 11.2 Å². The molecule has 0 atom stereocenters. The van der Waals surface area contributed by atoms with Crippen molar-refractivity contribution < 1.29 is 14.0 Å². The topological polar surface area (TPSA) is 66.6 Å². The van der Waals surface area contributed by atoms with Crippen LogP contribution >= 0.6 is 0 Å². The molecule has 1 aliphatic carbocycles. The number of benzene rings is 1. The van der Waals surface area contributed by atoms with Gasteiger partial charge in [-0.3, -0.25) is 9.59 Å². The van der Waals surface area contributed by atoms with Crippen LogP contribution in [0.2, 0.25) is 0 Å². The first kappa shape index (κ1) is 19.8. The number of carbonyl (C=O) groups excluding carboxylic acids is 2. The Bertz CT molecular complexity index is 693. The fourth-order valence-electron chi connectivity index (χ4n) is 4.37. The predicted octanol–water partition coefficient (Wildman–Crippen LogP) is 2.98. The summed E-state index contributed by atoms with van der Waals surface area (Å²) in [6.07, 6.45) is 6.18. The van der Waals surface area contributed by atoms with Gasteiger partial charge in [-0.25, -0.2) is 4.39 Å². The average molecular weight is 375 g/mol. The Balaban J connectivity index is 1.58. The Morgan fingerprint density at radius 3 is 2.33 bits per heavy atom. The molecule has 0 unspecified atom stereocenters. The summed E-state index contributed by atoms with van der Waals surface area (Å²) < 4.78 is 14.4. The normalized spacial score (nSPS) is 19.8. The standard InChI is InChI=1S/C21H30FN3O2/c1-16(26)17-5-6-19(18(22)13-17)24-9-11-25(12-10-24)20(27)14-21(15-23)7-3-2-4-8-21/h5-6,13H,2-4,7-12,14-15,23H2,1H3. The van der Waals surface area contributed by atoms with Crippen molar-refractivity contribution in [2.45, 2.75) is 45.4 Å². The van der Waals surface area contributed by atoms with E-state index in [9.17, 15) is 14.0 Å². The molecule has 2 N–H and O–H groups in total. The number of amides is 1. The maximum absolute atomic E-state index is 14.4. The van der Waals surface area contributed by atoms with Crippen molar-refractivity contribution in [2.24, 2.45) is 11.1 Å². The van der Waals surface area contributed by atoms with Crippen molar-refractivity contribution in [2.75, 3.05) is 37.6 Å². The number of piperazine rings is 1. The van der Waals surface area contributed by atoms with Gasteiger partial charge in [-0.1, -0.05) is 19.3 Å². The number of carbonyl (C=O) groups is 2. The van der Waals surface area contributed by atoms with Crippen LogP contribution in [0.3, 0.4) is 0 Å². The smallest absolute Gasteiger partial charge is 0.223 e. The van der Waals surface area contributed by atoms with Gasteiger partial charge in [0, 0.05) is 38.2 Å². The fraction of sp³-hybridized carbons (Fsp3) is 0.619. The quantitative estimate of drug-likeness (QED) is 0.804. The number of hydrogen-bond donors (Lipinski definition) is 1. The van der Waals surface area contributed by atoms with E-state index in [2.05, 4.69) is 0 Å². The molecule has 1 saturated carbocycles. The van der Waals surface area contributed by atoms with E-state index in [0.717, 1.165) is 25.7 Å². The summed E-state index contributed by atoms with van der Waals surface area (Å²) in [7, 11) is 0. The first-order chi connectivity index (χ1) is 12.9. The lowest BCUT2D eigenvalue weighted by atomic mass is 9.71. The van der Waals surface area contributed by atoms with Crippen molar-refractivity contribution in [3.63, 3.8) is 0 Å². The maximum atomic E-state index is 14.4. The first-order valence-corrected chi connectivity index (χ1v) is 9.97. The largest absolute Gasteiger partial charge is 0.366 e. The summed E-state index contributed by atoms with van der Waals surface area (Å²) in [5.41, 5.74) is 6.87. The van der Waals surface area contributed by atoms with Crippen LogP contribution in [0.4, 0.5) is 10.1 Å². The highest BCUT2D eigenvalue weighted by molar-refractivity contribution is 5.94. The van der Waals surface area contributed by atoms with Crippen LogP contribution in [0.1, 0.15) is 55.8 Å². The molecule has 0 bridgehead atoms. The lowest BCUT2D eigenvalue weighted by Gasteiger charge is -2.40. The Kier molecular flexibility index (Phi) is 6.15. The van der Waals surface area contributed by atoms with E-state index in [1.165, 1.54) is 19.4 Å². The second-order valence-corrected chi connectivity index (χ2v) is 8.03. The third-order valence-electron chi connectivity index (χ3n) is 6.20. The molecule has 0 aromatic heterocycles. The fourth-order valence-corrected chi connectivity index (χ4v) is 4.37. The number of nitrogens with two attached hydrogens (primary N) is 1. The number of nitrogens with zero attached hydrogens (tertiary/aromatic N) is 2. The summed E-state index contributed by atoms with van der Waals surface area (Å²) in [5.74, 6) is -0.353.